The van der Waals surface area contributed by atoms with Crippen molar-refractivity contribution in [2.24, 2.45) is 0 Å². The van der Waals surface area contributed by atoms with Crippen molar-refractivity contribution in [2.75, 3.05) is 0 Å². The molecule has 0 radical (unpaired) electrons. The maximum Gasteiger partial charge on any atom is 0.138 e. The number of pyridine rings is 1. The van der Waals surface area contributed by atoms with Crippen LogP contribution in [-0.4, -0.2) is 9.38 Å². The Kier molecular flexibility index (Phi) is 1.38. The van der Waals surface area contributed by atoms with Crippen LogP contribution in [0.4, 0.5) is 0 Å². The lowest BCUT2D eigenvalue weighted by Gasteiger charge is -1.92. The summed E-state index contributed by atoms with van der Waals surface area (Å²) in [6, 6.07) is 3.97. The van der Waals surface area contributed by atoms with Crippen molar-refractivity contribution >= 4 is 5.65 Å². The molecule has 0 bridgehead atoms. The molecule has 2 aromatic rings. The number of aromatic nitrogens is 2. The van der Waals surface area contributed by atoms with Crippen molar-refractivity contribution in [1.29, 1.82) is 0 Å². The van der Waals surface area contributed by atoms with Crippen molar-refractivity contribution in [3.8, 4) is 12.3 Å². The van der Waals surface area contributed by atoms with Gasteiger partial charge in [0.25, 0.3) is 0 Å². The molecule has 0 aliphatic carbocycles. The van der Waals surface area contributed by atoms with Crippen LogP contribution in [0, 0.1) is 19.3 Å². The van der Waals surface area contributed by atoms with Crippen molar-refractivity contribution in [3.63, 3.8) is 0 Å². The van der Waals surface area contributed by atoms with E-state index in [9.17, 15) is 0 Å². The Hall–Kier alpha value is -1.75. The van der Waals surface area contributed by atoms with Gasteiger partial charge in [-0.25, -0.2) is 4.98 Å². The van der Waals surface area contributed by atoms with Gasteiger partial charge in [0.15, 0.2) is 0 Å². The Balaban J connectivity index is 2.77. The summed E-state index contributed by atoms with van der Waals surface area (Å²) in [5.41, 5.74) is 2.78. The maximum absolute atomic E-state index is 5.23. The molecule has 0 unspecified atom stereocenters. The van der Waals surface area contributed by atoms with Crippen molar-refractivity contribution in [2.45, 2.75) is 6.92 Å². The summed E-state index contributed by atoms with van der Waals surface area (Å²) in [6.07, 6.45) is 9.08. The van der Waals surface area contributed by atoms with Crippen molar-refractivity contribution in [3.05, 3.63) is 35.8 Å². The van der Waals surface area contributed by atoms with Crippen molar-refractivity contribution in [1.82, 2.24) is 9.38 Å². The van der Waals surface area contributed by atoms with Crippen LogP contribution in [-0.2, 0) is 0 Å². The van der Waals surface area contributed by atoms with Crippen LogP contribution in [0.2, 0.25) is 0 Å². The largest absolute Gasteiger partial charge is 0.306 e. The number of hydrogen-bond acceptors (Lipinski definition) is 1. The second-order valence-electron chi connectivity index (χ2n) is 2.74. The summed E-state index contributed by atoms with van der Waals surface area (Å²) in [4.78, 5) is 4.20. The van der Waals surface area contributed by atoms with Crippen LogP contribution < -0.4 is 0 Å². The van der Waals surface area contributed by atoms with Crippen LogP contribution in [0.3, 0.4) is 0 Å². The predicted molar refractivity (Wildman–Crippen MR) is 47.9 cm³/mol. The number of fused-ring (bicyclic) bond motifs is 1. The number of hydrogen-bond donors (Lipinski definition) is 0. The molecule has 0 saturated heterocycles. The standard InChI is InChI=1S/C10H8N2/c1-3-9-7-12-6-8(2)4-5-10(12)11-9/h1,4-7H,2H3. The van der Waals surface area contributed by atoms with Crippen LogP contribution in [0.25, 0.3) is 5.65 Å². The summed E-state index contributed by atoms with van der Waals surface area (Å²) in [5.74, 6) is 2.50. The normalized spacial score (nSPS) is 10.0. The van der Waals surface area contributed by atoms with Gasteiger partial charge in [0.05, 0.1) is 0 Å². The van der Waals surface area contributed by atoms with E-state index in [0.29, 0.717) is 5.69 Å². The van der Waals surface area contributed by atoms with E-state index in [0.717, 1.165) is 5.65 Å². The van der Waals surface area contributed by atoms with E-state index in [1.807, 2.05) is 35.9 Å². The lowest BCUT2D eigenvalue weighted by Crippen LogP contribution is -1.82. The van der Waals surface area contributed by atoms with Gasteiger partial charge in [0.1, 0.15) is 11.3 Å². The number of rotatable bonds is 0. The number of nitrogens with zero attached hydrogens (tertiary/aromatic N) is 2. The van der Waals surface area contributed by atoms with Gasteiger partial charge < -0.3 is 4.40 Å². The van der Waals surface area contributed by atoms with E-state index in [4.69, 9.17) is 6.42 Å². The summed E-state index contributed by atoms with van der Waals surface area (Å²) < 4.78 is 1.94. The van der Waals surface area contributed by atoms with E-state index >= 15 is 0 Å². The SMILES string of the molecule is C#Cc1cn2cc(C)ccc2n1. The first-order valence-corrected chi connectivity index (χ1v) is 3.71. The van der Waals surface area contributed by atoms with Gasteiger partial charge in [-0.15, -0.1) is 6.42 Å². The molecule has 0 aromatic carbocycles. The lowest BCUT2D eigenvalue weighted by atomic mass is 10.3. The molecule has 0 saturated carbocycles. The Morgan fingerprint density at radius 1 is 1.42 bits per heavy atom. The Labute approximate surface area is 70.9 Å². The van der Waals surface area contributed by atoms with E-state index in [1.165, 1.54) is 5.56 Å². The first-order chi connectivity index (χ1) is 5.79. The first-order valence-electron chi connectivity index (χ1n) is 3.71. The first kappa shape index (κ1) is 6.93. The summed E-state index contributed by atoms with van der Waals surface area (Å²) in [7, 11) is 0. The molecular weight excluding hydrogens is 148 g/mol. The van der Waals surface area contributed by atoms with E-state index < -0.39 is 0 Å². The molecule has 0 fully saturated rings. The third-order valence-corrected chi connectivity index (χ3v) is 1.75. The minimum absolute atomic E-state index is 0.681. The summed E-state index contributed by atoms with van der Waals surface area (Å²) in [5, 5.41) is 0. The second kappa shape index (κ2) is 2.38. The Morgan fingerprint density at radius 2 is 2.25 bits per heavy atom. The van der Waals surface area contributed by atoms with Gasteiger partial charge in [0, 0.05) is 12.4 Å². The third-order valence-electron chi connectivity index (χ3n) is 1.75. The molecule has 0 amide bonds. The monoisotopic (exact) mass is 156 g/mol. The molecule has 0 aliphatic rings. The van der Waals surface area contributed by atoms with E-state index in [-0.39, 0.29) is 0 Å². The zero-order valence-electron chi connectivity index (χ0n) is 6.78. The average molecular weight is 156 g/mol. The molecule has 2 rings (SSSR count). The molecule has 0 N–H and O–H groups in total. The van der Waals surface area contributed by atoms with Gasteiger partial charge in [-0.3, -0.25) is 0 Å². The molecular formula is C10H8N2. The fourth-order valence-electron chi connectivity index (χ4n) is 1.17. The fourth-order valence-corrected chi connectivity index (χ4v) is 1.17. The molecule has 2 aromatic heterocycles. The Morgan fingerprint density at radius 3 is 3.00 bits per heavy atom. The summed E-state index contributed by atoms with van der Waals surface area (Å²) in [6.45, 7) is 2.04. The minimum Gasteiger partial charge on any atom is -0.306 e. The highest BCUT2D eigenvalue weighted by Gasteiger charge is 1.96. The third kappa shape index (κ3) is 0.960. The number of imidazole rings is 1. The highest BCUT2D eigenvalue weighted by Crippen LogP contribution is 2.05. The fraction of sp³-hybridized carbons (Fsp3) is 0.100. The number of terminal acetylenes is 1. The molecule has 0 spiro atoms. The minimum atomic E-state index is 0.681. The quantitative estimate of drug-likeness (QED) is 0.530. The zero-order valence-corrected chi connectivity index (χ0v) is 6.78. The number of aryl methyl sites for hydroxylation is 1. The topological polar surface area (TPSA) is 17.3 Å². The smallest absolute Gasteiger partial charge is 0.138 e. The van der Waals surface area contributed by atoms with E-state index in [2.05, 4.69) is 10.9 Å². The molecule has 0 atom stereocenters. The molecule has 0 aliphatic heterocycles. The lowest BCUT2D eigenvalue weighted by molar-refractivity contribution is 1.16. The maximum atomic E-state index is 5.23. The molecule has 12 heavy (non-hydrogen) atoms. The average Bonchev–Trinajstić information content (AvgIpc) is 2.46. The Bertz CT molecular complexity index is 460. The molecule has 2 heteroatoms. The highest BCUT2D eigenvalue weighted by atomic mass is 15.0. The predicted octanol–water partition coefficient (Wildman–Crippen LogP) is 1.62. The van der Waals surface area contributed by atoms with E-state index in [1.54, 1.807) is 0 Å². The molecule has 2 nitrogen and oxygen atoms in total. The van der Waals surface area contributed by atoms with Crippen molar-refractivity contribution < 1.29 is 0 Å². The van der Waals surface area contributed by atoms with Gasteiger partial charge in [0.2, 0.25) is 0 Å². The van der Waals surface area contributed by atoms with Crippen LogP contribution in [0.5, 0.6) is 0 Å². The van der Waals surface area contributed by atoms with Gasteiger partial charge in [-0.05, 0) is 24.5 Å². The zero-order chi connectivity index (χ0) is 8.55. The second-order valence-corrected chi connectivity index (χ2v) is 2.74. The van der Waals surface area contributed by atoms with Crippen LogP contribution in [0.15, 0.2) is 24.5 Å². The van der Waals surface area contributed by atoms with Gasteiger partial charge in [-0.1, -0.05) is 6.07 Å². The highest BCUT2D eigenvalue weighted by molar-refractivity contribution is 5.44. The molecule has 2 heterocycles. The van der Waals surface area contributed by atoms with Gasteiger partial charge in [-0.2, -0.15) is 0 Å². The summed E-state index contributed by atoms with van der Waals surface area (Å²) >= 11 is 0. The van der Waals surface area contributed by atoms with Gasteiger partial charge >= 0.3 is 0 Å². The van der Waals surface area contributed by atoms with Crippen LogP contribution in [0.1, 0.15) is 11.3 Å². The molecule has 58 valence electrons. The van der Waals surface area contributed by atoms with Crippen LogP contribution >= 0.6 is 0 Å².